The SMILES string of the molecule is CCCOCCCOC1CCNC1. The minimum Gasteiger partial charge on any atom is -0.381 e. The minimum absolute atomic E-state index is 0.450. The van der Waals surface area contributed by atoms with E-state index in [4.69, 9.17) is 9.47 Å². The van der Waals surface area contributed by atoms with Crippen molar-refractivity contribution in [3.8, 4) is 0 Å². The highest BCUT2D eigenvalue weighted by Crippen LogP contribution is 2.03. The van der Waals surface area contributed by atoms with E-state index in [9.17, 15) is 0 Å². The molecule has 0 saturated carbocycles. The molecule has 1 rings (SSSR count). The molecule has 13 heavy (non-hydrogen) atoms. The molecule has 0 aromatic rings. The van der Waals surface area contributed by atoms with Gasteiger partial charge in [0.1, 0.15) is 0 Å². The second-order valence-electron chi connectivity index (χ2n) is 3.45. The van der Waals surface area contributed by atoms with Gasteiger partial charge in [-0.1, -0.05) is 6.92 Å². The molecule has 0 bridgehead atoms. The van der Waals surface area contributed by atoms with E-state index in [0.717, 1.165) is 52.2 Å². The summed E-state index contributed by atoms with van der Waals surface area (Å²) in [6.07, 6.45) is 3.74. The summed E-state index contributed by atoms with van der Waals surface area (Å²) in [5, 5.41) is 3.28. The van der Waals surface area contributed by atoms with E-state index in [1.54, 1.807) is 0 Å². The van der Waals surface area contributed by atoms with Crippen LogP contribution >= 0.6 is 0 Å². The Morgan fingerprint density at radius 1 is 1.31 bits per heavy atom. The summed E-state index contributed by atoms with van der Waals surface area (Å²) < 4.78 is 11.0. The highest BCUT2D eigenvalue weighted by molar-refractivity contribution is 4.70. The van der Waals surface area contributed by atoms with E-state index in [1.165, 1.54) is 0 Å². The zero-order chi connectivity index (χ0) is 9.36. The van der Waals surface area contributed by atoms with Crippen LogP contribution in [-0.2, 0) is 9.47 Å². The molecule has 3 nitrogen and oxygen atoms in total. The highest BCUT2D eigenvalue weighted by Gasteiger charge is 2.13. The lowest BCUT2D eigenvalue weighted by atomic mass is 10.3. The van der Waals surface area contributed by atoms with Gasteiger partial charge in [-0.25, -0.2) is 0 Å². The molecule has 1 aliphatic rings. The van der Waals surface area contributed by atoms with Crippen molar-refractivity contribution in [1.29, 1.82) is 0 Å². The Bertz CT molecular complexity index is 113. The molecular formula is C10H21NO2. The summed E-state index contributed by atoms with van der Waals surface area (Å²) in [4.78, 5) is 0. The predicted molar refractivity (Wildman–Crippen MR) is 53.0 cm³/mol. The van der Waals surface area contributed by atoms with Gasteiger partial charge < -0.3 is 14.8 Å². The number of hydrogen-bond acceptors (Lipinski definition) is 3. The van der Waals surface area contributed by atoms with Crippen LogP contribution in [0.5, 0.6) is 0 Å². The predicted octanol–water partition coefficient (Wildman–Crippen LogP) is 1.18. The molecule has 3 heteroatoms. The van der Waals surface area contributed by atoms with Gasteiger partial charge in [0.2, 0.25) is 0 Å². The topological polar surface area (TPSA) is 30.5 Å². The van der Waals surface area contributed by atoms with Crippen LogP contribution in [0.25, 0.3) is 0 Å². The maximum Gasteiger partial charge on any atom is 0.0711 e. The van der Waals surface area contributed by atoms with E-state index in [1.807, 2.05) is 0 Å². The molecule has 78 valence electrons. The molecule has 1 saturated heterocycles. The summed E-state index contributed by atoms with van der Waals surface area (Å²) in [6, 6.07) is 0. The number of nitrogens with one attached hydrogen (secondary N) is 1. The first kappa shape index (κ1) is 11.0. The van der Waals surface area contributed by atoms with E-state index in [-0.39, 0.29) is 0 Å². The first-order valence-electron chi connectivity index (χ1n) is 5.33. The lowest BCUT2D eigenvalue weighted by molar-refractivity contribution is 0.0434. The van der Waals surface area contributed by atoms with E-state index in [0.29, 0.717) is 6.10 Å². The van der Waals surface area contributed by atoms with Crippen molar-refractivity contribution in [3.05, 3.63) is 0 Å². The van der Waals surface area contributed by atoms with E-state index >= 15 is 0 Å². The maximum atomic E-state index is 5.64. The summed E-state index contributed by atoms with van der Waals surface area (Å²) in [7, 11) is 0. The molecule has 0 radical (unpaired) electrons. The van der Waals surface area contributed by atoms with Gasteiger partial charge in [-0.3, -0.25) is 0 Å². The average molecular weight is 187 g/mol. The molecule has 1 fully saturated rings. The van der Waals surface area contributed by atoms with Crippen LogP contribution in [-0.4, -0.2) is 39.0 Å². The normalized spacial score (nSPS) is 22.4. The third-order valence-corrected chi connectivity index (χ3v) is 2.15. The molecule has 0 spiro atoms. The molecule has 1 aliphatic heterocycles. The molecule has 1 unspecified atom stereocenters. The highest BCUT2D eigenvalue weighted by atomic mass is 16.5. The Labute approximate surface area is 80.8 Å². The smallest absolute Gasteiger partial charge is 0.0711 e. The average Bonchev–Trinajstić information content (AvgIpc) is 2.63. The van der Waals surface area contributed by atoms with Crippen LogP contribution in [0.15, 0.2) is 0 Å². The van der Waals surface area contributed by atoms with Crippen molar-refractivity contribution in [2.24, 2.45) is 0 Å². The molecule has 0 aliphatic carbocycles. The van der Waals surface area contributed by atoms with Crippen LogP contribution in [0, 0.1) is 0 Å². The fourth-order valence-electron chi connectivity index (χ4n) is 1.43. The van der Waals surface area contributed by atoms with Crippen LogP contribution in [0.4, 0.5) is 0 Å². The van der Waals surface area contributed by atoms with Crippen molar-refractivity contribution < 1.29 is 9.47 Å². The Balaban J connectivity index is 1.78. The Hall–Kier alpha value is -0.120. The summed E-state index contributed by atoms with van der Waals surface area (Å²) >= 11 is 0. The summed E-state index contributed by atoms with van der Waals surface area (Å²) in [5.74, 6) is 0. The number of rotatable bonds is 7. The monoisotopic (exact) mass is 187 g/mol. The molecule has 0 aromatic heterocycles. The molecule has 0 amide bonds. The van der Waals surface area contributed by atoms with Gasteiger partial charge in [0.25, 0.3) is 0 Å². The van der Waals surface area contributed by atoms with Crippen LogP contribution < -0.4 is 5.32 Å². The van der Waals surface area contributed by atoms with Crippen LogP contribution in [0.3, 0.4) is 0 Å². The number of hydrogen-bond donors (Lipinski definition) is 1. The Morgan fingerprint density at radius 2 is 2.23 bits per heavy atom. The van der Waals surface area contributed by atoms with Crippen LogP contribution in [0.2, 0.25) is 0 Å². The summed E-state index contributed by atoms with van der Waals surface area (Å²) in [6.45, 7) is 6.82. The van der Waals surface area contributed by atoms with Gasteiger partial charge in [0, 0.05) is 26.4 Å². The van der Waals surface area contributed by atoms with Gasteiger partial charge in [-0.05, 0) is 25.8 Å². The lowest BCUT2D eigenvalue weighted by Gasteiger charge is -2.09. The second-order valence-corrected chi connectivity index (χ2v) is 3.45. The Morgan fingerprint density at radius 3 is 2.92 bits per heavy atom. The second kappa shape index (κ2) is 7.30. The Kier molecular flexibility index (Phi) is 6.15. The van der Waals surface area contributed by atoms with E-state index < -0.39 is 0 Å². The van der Waals surface area contributed by atoms with Crippen molar-refractivity contribution in [2.45, 2.75) is 32.3 Å². The number of ether oxygens (including phenoxy) is 2. The molecule has 0 aromatic carbocycles. The largest absolute Gasteiger partial charge is 0.381 e. The maximum absolute atomic E-state index is 5.64. The van der Waals surface area contributed by atoms with Gasteiger partial charge in [0.05, 0.1) is 6.10 Å². The van der Waals surface area contributed by atoms with Crippen LogP contribution in [0.1, 0.15) is 26.2 Å². The minimum atomic E-state index is 0.450. The zero-order valence-electron chi connectivity index (χ0n) is 8.55. The van der Waals surface area contributed by atoms with Crippen molar-refractivity contribution in [1.82, 2.24) is 5.32 Å². The molecule has 1 N–H and O–H groups in total. The fraction of sp³-hybridized carbons (Fsp3) is 1.00. The van der Waals surface area contributed by atoms with Gasteiger partial charge >= 0.3 is 0 Å². The molecule has 1 heterocycles. The van der Waals surface area contributed by atoms with Crippen molar-refractivity contribution in [3.63, 3.8) is 0 Å². The summed E-state index contributed by atoms with van der Waals surface area (Å²) in [5.41, 5.74) is 0. The standard InChI is InChI=1S/C10H21NO2/c1-2-6-12-7-3-8-13-10-4-5-11-9-10/h10-11H,2-9H2,1H3. The molecule has 1 atom stereocenters. The first-order chi connectivity index (χ1) is 6.43. The third-order valence-electron chi connectivity index (χ3n) is 2.15. The van der Waals surface area contributed by atoms with Gasteiger partial charge in [-0.2, -0.15) is 0 Å². The van der Waals surface area contributed by atoms with Crippen molar-refractivity contribution in [2.75, 3.05) is 32.9 Å². The lowest BCUT2D eigenvalue weighted by Crippen LogP contribution is -2.17. The molecular weight excluding hydrogens is 166 g/mol. The van der Waals surface area contributed by atoms with E-state index in [2.05, 4.69) is 12.2 Å². The van der Waals surface area contributed by atoms with Crippen molar-refractivity contribution >= 4 is 0 Å². The fourth-order valence-corrected chi connectivity index (χ4v) is 1.43. The van der Waals surface area contributed by atoms with Gasteiger partial charge in [-0.15, -0.1) is 0 Å². The van der Waals surface area contributed by atoms with Gasteiger partial charge in [0.15, 0.2) is 0 Å². The third kappa shape index (κ3) is 5.24. The quantitative estimate of drug-likeness (QED) is 0.607. The zero-order valence-corrected chi connectivity index (χ0v) is 8.55. The first-order valence-corrected chi connectivity index (χ1v) is 5.33.